The van der Waals surface area contributed by atoms with Gasteiger partial charge in [0.05, 0.1) is 0 Å². The summed E-state index contributed by atoms with van der Waals surface area (Å²) in [5.74, 6) is -1.24. The van der Waals surface area contributed by atoms with Gasteiger partial charge in [-0.3, -0.25) is 0 Å². The summed E-state index contributed by atoms with van der Waals surface area (Å²) in [7, 11) is -5.69. The fourth-order valence-corrected chi connectivity index (χ4v) is 2.14. The molecule has 0 aromatic rings. The van der Waals surface area contributed by atoms with E-state index in [9.17, 15) is 26.7 Å². The third kappa shape index (κ3) is 9.49. The van der Waals surface area contributed by atoms with E-state index in [4.69, 9.17) is 0 Å². The second-order valence-corrected chi connectivity index (χ2v) is 6.30. The van der Waals surface area contributed by atoms with Crippen molar-refractivity contribution in [2.75, 3.05) is 0 Å². The first-order valence-corrected chi connectivity index (χ1v) is 8.32. The minimum absolute atomic E-state index is 0.272. The SMILES string of the molecule is C=CCCCCCCCCC/C([O-])=N/S(=O)(=O)C(F)(F)F. The molecule has 0 N–H and O–H groups in total. The number of hydrogen-bond donors (Lipinski definition) is 0. The molecule has 4 nitrogen and oxygen atoms in total. The molecule has 0 spiro atoms. The Balaban J connectivity index is 3.81. The number of hydrogen-bond acceptors (Lipinski definition) is 3. The lowest BCUT2D eigenvalue weighted by Gasteiger charge is -2.11. The van der Waals surface area contributed by atoms with Gasteiger partial charge in [0.25, 0.3) is 0 Å². The molecule has 0 aliphatic carbocycles. The van der Waals surface area contributed by atoms with Crippen molar-refractivity contribution in [2.45, 2.75) is 63.3 Å². The maximum Gasteiger partial charge on any atom is 0.518 e. The first kappa shape index (κ1) is 19.9. The highest BCUT2D eigenvalue weighted by molar-refractivity contribution is 7.91. The Bertz CT molecular complexity index is 430. The standard InChI is InChI=1S/C13H22F3NO3S/c1-2-3-4-5-6-7-8-9-10-11-12(18)17-21(19,20)13(14,15)16/h2H,1,3-11H2,(H,17,18)/p-1. The minimum Gasteiger partial charge on any atom is -0.861 e. The third-order valence-corrected chi connectivity index (χ3v) is 3.84. The smallest absolute Gasteiger partial charge is 0.518 e. The summed E-state index contributed by atoms with van der Waals surface area (Å²) in [5.41, 5.74) is -5.51. The number of nitrogens with zero attached hydrogens (tertiary/aromatic N) is 1. The van der Waals surface area contributed by atoms with Gasteiger partial charge < -0.3 is 5.11 Å². The molecule has 0 bridgehead atoms. The van der Waals surface area contributed by atoms with Crippen LogP contribution in [0.15, 0.2) is 17.1 Å². The summed E-state index contributed by atoms with van der Waals surface area (Å²) in [6.07, 6.45) is 8.72. The second-order valence-electron chi connectivity index (χ2n) is 4.71. The Morgan fingerprint density at radius 3 is 2.00 bits per heavy atom. The van der Waals surface area contributed by atoms with Crippen LogP contribution in [0.5, 0.6) is 0 Å². The van der Waals surface area contributed by atoms with Gasteiger partial charge >= 0.3 is 15.5 Å². The Kier molecular flexibility index (Phi) is 9.32. The topological polar surface area (TPSA) is 69.6 Å². The van der Waals surface area contributed by atoms with Crippen molar-refractivity contribution < 1.29 is 26.7 Å². The van der Waals surface area contributed by atoms with Crippen LogP contribution in [0.4, 0.5) is 13.2 Å². The molecule has 0 aromatic heterocycles. The van der Waals surface area contributed by atoms with E-state index in [0.717, 1.165) is 38.5 Å². The maximum atomic E-state index is 12.0. The molecule has 0 radical (unpaired) electrons. The summed E-state index contributed by atoms with van der Waals surface area (Å²) in [5, 5.41) is 11.1. The zero-order valence-corrected chi connectivity index (χ0v) is 12.7. The lowest BCUT2D eigenvalue weighted by molar-refractivity contribution is -0.218. The fourth-order valence-electron chi connectivity index (χ4n) is 1.68. The number of allylic oxidation sites excluding steroid dienone is 1. The molecule has 0 aliphatic heterocycles. The van der Waals surface area contributed by atoms with Crippen LogP contribution < -0.4 is 5.11 Å². The van der Waals surface area contributed by atoms with E-state index in [1.165, 1.54) is 0 Å². The molecule has 0 aliphatic rings. The molecule has 0 aromatic carbocycles. The molecule has 0 amide bonds. The summed E-state index contributed by atoms with van der Waals surface area (Å²) >= 11 is 0. The molecule has 0 heterocycles. The zero-order chi connectivity index (χ0) is 16.4. The first-order chi connectivity index (χ1) is 9.70. The van der Waals surface area contributed by atoms with Crippen molar-refractivity contribution in [3.05, 3.63) is 12.7 Å². The average molecular weight is 328 g/mol. The maximum absolute atomic E-state index is 12.0. The molecule has 124 valence electrons. The lowest BCUT2D eigenvalue weighted by Crippen LogP contribution is -2.26. The van der Waals surface area contributed by atoms with Crippen LogP contribution in [0.3, 0.4) is 0 Å². The molecule has 0 saturated carbocycles. The van der Waals surface area contributed by atoms with E-state index in [0.29, 0.717) is 12.8 Å². The Morgan fingerprint density at radius 2 is 1.52 bits per heavy atom. The van der Waals surface area contributed by atoms with Gasteiger partial charge in [0.2, 0.25) is 0 Å². The van der Waals surface area contributed by atoms with Gasteiger partial charge in [-0.15, -0.1) is 6.58 Å². The van der Waals surface area contributed by atoms with Crippen LogP contribution in [0.2, 0.25) is 0 Å². The summed E-state index contributed by atoms with van der Waals surface area (Å²) in [4.78, 5) is 0. The molecule has 0 rings (SSSR count). The molecule has 0 saturated heterocycles. The van der Waals surface area contributed by atoms with Crippen molar-refractivity contribution in [2.24, 2.45) is 4.40 Å². The highest BCUT2D eigenvalue weighted by Gasteiger charge is 2.45. The highest BCUT2D eigenvalue weighted by atomic mass is 32.2. The van der Waals surface area contributed by atoms with Crippen LogP contribution in [-0.2, 0) is 10.0 Å². The van der Waals surface area contributed by atoms with Crippen molar-refractivity contribution in [3.8, 4) is 0 Å². The summed E-state index contributed by atoms with van der Waals surface area (Å²) in [6.45, 7) is 3.62. The van der Waals surface area contributed by atoms with E-state index in [2.05, 4.69) is 11.0 Å². The molecule has 0 atom stereocenters. The molecule has 21 heavy (non-hydrogen) atoms. The van der Waals surface area contributed by atoms with Crippen LogP contribution in [0.25, 0.3) is 0 Å². The van der Waals surface area contributed by atoms with Gasteiger partial charge in [0, 0.05) is 0 Å². The molecular weight excluding hydrogens is 307 g/mol. The number of rotatable bonds is 11. The minimum atomic E-state index is -5.69. The second kappa shape index (κ2) is 9.81. The van der Waals surface area contributed by atoms with Gasteiger partial charge in [-0.25, -0.2) is 0 Å². The van der Waals surface area contributed by atoms with Crippen molar-refractivity contribution >= 4 is 15.9 Å². The predicted octanol–water partition coefficient (Wildman–Crippen LogP) is 3.29. The monoisotopic (exact) mass is 328 g/mol. The van der Waals surface area contributed by atoms with Gasteiger partial charge in [-0.05, 0) is 31.6 Å². The van der Waals surface area contributed by atoms with Gasteiger partial charge in [-0.1, -0.05) is 38.2 Å². The quantitative estimate of drug-likeness (QED) is 0.253. The van der Waals surface area contributed by atoms with Crippen LogP contribution in [0, 0.1) is 0 Å². The Labute approximate surface area is 123 Å². The number of sulfonamides is 1. The molecule has 0 unspecified atom stereocenters. The highest BCUT2D eigenvalue weighted by Crippen LogP contribution is 2.24. The largest absolute Gasteiger partial charge is 0.861 e. The van der Waals surface area contributed by atoms with E-state index in [1.54, 1.807) is 0 Å². The molecular formula is C13H21F3NO3S-. The predicted molar refractivity (Wildman–Crippen MR) is 74.2 cm³/mol. The first-order valence-electron chi connectivity index (χ1n) is 6.88. The van der Waals surface area contributed by atoms with Gasteiger partial charge in [0.1, 0.15) is 0 Å². The van der Waals surface area contributed by atoms with Gasteiger partial charge in [-0.2, -0.15) is 26.0 Å². The molecule has 8 heteroatoms. The summed E-state index contributed by atoms with van der Waals surface area (Å²) < 4.78 is 59.4. The van der Waals surface area contributed by atoms with E-state index < -0.39 is 21.4 Å². The summed E-state index contributed by atoms with van der Waals surface area (Å²) in [6, 6.07) is 0. The third-order valence-electron chi connectivity index (χ3n) is 2.81. The fraction of sp³-hybridized carbons (Fsp3) is 0.769. The Morgan fingerprint density at radius 1 is 1.05 bits per heavy atom. The number of halogens is 3. The van der Waals surface area contributed by atoms with E-state index in [-0.39, 0.29) is 6.42 Å². The van der Waals surface area contributed by atoms with Crippen LogP contribution >= 0.6 is 0 Å². The average Bonchev–Trinajstić information content (AvgIpc) is 2.35. The van der Waals surface area contributed by atoms with Crippen molar-refractivity contribution in [3.63, 3.8) is 0 Å². The normalized spacial score (nSPS) is 13.4. The molecule has 0 fully saturated rings. The van der Waals surface area contributed by atoms with Crippen molar-refractivity contribution in [1.29, 1.82) is 0 Å². The van der Waals surface area contributed by atoms with Crippen LogP contribution in [0.1, 0.15) is 57.8 Å². The van der Waals surface area contributed by atoms with E-state index in [1.807, 2.05) is 6.08 Å². The lowest BCUT2D eigenvalue weighted by atomic mass is 10.1. The van der Waals surface area contributed by atoms with Gasteiger partial charge in [0.15, 0.2) is 0 Å². The number of unbranched alkanes of at least 4 members (excludes halogenated alkanes) is 7. The Hall–Kier alpha value is -1.05. The number of alkyl halides is 3. The zero-order valence-electron chi connectivity index (χ0n) is 11.9. The van der Waals surface area contributed by atoms with Crippen LogP contribution in [-0.4, -0.2) is 19.8 Å². The van der Waals surface area contributed by atoms with Crippen molar-refractivity contribution in [1.82, 2.24) is 0 Å². The van der Waals surface area contributed by atoms with E-state index >= 15 is 0 Å².